The fourth-order valence-corrected chi connectivity index (χ4v) is 2.04. The number of imidazole rings is 1. The first-order valence-corrected chi connectivity index (χ1v) is 6.79. The van der Waals surface area contributed by atoms with E-state index in [1.807, 2.05) is 17.7 Å². The molecule has 0 aliphatic carbocycles. The number of aromatic nitrogens is 2. The smallest absolute Gasteiger partial charge is 0.165 e. The van der Waals surface area contributed by atoms with Crippen LogP contribution in [0.2, 0.25) is 0 Å². The van der Waals surface area contributed by atoms with E-state index in [9.17, 15) is 4.39 Å². The number of benzene rings is 1. The molecule has 0 amide bonds. The second kappa shape index (κ2) is 7.05. The van der Waals surface area contributed by atoms with Gasteiger partial charge in [0.25, 0.3) is 0 Å². The number of rotatable bonds is 7. The van der Waals surface area contributed by atoms with E-state index in [-0.39, 0.29) is 11.6 Å². The molecule has 2 aromatic rings. The lowest BCUT2D eigenvalue weighted by Gasteiger charge is -2.10. The van der Waals surface area contributed by atoms with Crippen LogP contribution in [-0.4, -0.2) is 16.6 Å². The summed E-state index contributed by atoms with van der Waals surface area (Å²) in [5, 5.41) is 2.99. The van der Waals surface area contributed by atoms with Crippen LogP contribution < -0.4 is 10.1 Å². The van der Waals surface area contributed by atoms with E-state index in [0.29, 0.717) is 13.2 Å². The lowest BCUT2D eigenvalue weighted by molar-refractivity contribution is 0.280. The van der Waals surface area contributed by atoms with Crippen LogP contribution in [0.25, 0.3) is 0 Å². The van der Waals surface area contributed by atoms with Crippen molar-refractivity contribution in [2.75, 3.05) is 7.05 Å². The Morgan fingerprint density at radius 2 is 2.25 bits per heavy atom. The molecule has 0 aliphatic heterocycles. The first-order chi connectivity index (χ1) is 9.74. The predicted octanol–water partition coefficient (Wildman–Crippen LogP) is 2.73. The Morgan fingerprint density at radius 1 is 1.40 bits per heavy atom. The molecule has 0 unspecified atom stereocenters. The van der Waals surface area contributed by atoms with Crippen molar-refractivity contribution in [1.29, 1.82) is 0 Å². The van der Waals surface area contributed by atoms with Crippen molar-refractivity contribution in [2.45, 2.75) is 33.0 Å². The molecular weight excluding hydrogens is 257 g/mol. The van der Waals surface area contributed by atoms with Crippen LogP contribution in [0.1, 0.15) is 24.6 Å². The summed E-state index contributed by atoms with van der Waals surface area (Å²) in [4.78, 5) is 4.09. The molecule has 4 nitrogen and oxygen atoms in total. The van der Waals surface area contributed by atoms with Crippen molar-refractivity contribution in [3.05, 3.63) is 47.8 Å². The van der Waals surface area contributed by atoms with Crippen LogP contribution in [-0.2, 0) is 19.7 Å². The number of nitrogens with zero attached hydrogens (tertiary/aromatic N) is 2. The minimum Gasteiger partial charge on any atom is -0.484 e. The highest BCUT2D eigenvalue weighted by Crippen LogP contribution is 2.19. The highest BCUT2D eigenvalue weighted by molar-refractivity contribution is 5.29. The van der Waals surface area contributed by atoms with E-state index >= 15 is 0 Å². The summed E-state index contributed by atoms with van der Waals surface area (Å²) in [5.74, 6) is -0.0617. The summed E-state index contributed by atoms with van der Waals surface area (Å²) in [5.41, 5.74) is 1.85. The molecule has 1 aromatic carbocycles. The summed E-state index contributed by atoms with van der Waals surface area (Å²) >= 11 is 0. The molecule has 5 heteroatoms. The second-order valence-corrected chi connectivity index (χ2v) is 4.66. The van der Waals surface area contributed by atoms with Crippen LogP contribution in [0.3, 0.4) is 0 Å². The first kappa shape index (κ1) is 14.5. The Bertz CT molecular complexity index is 554. The van der Waals surface area contributed by atoms with Gasteiger partial charge in [0.2, 0.25) is 0 Å². The molecule has 1 heterocycles. The maximum absolute atomic E-state index is 13.9. The van der Waals surface area contributed by atoms with E-state index in [2.05, 4.69) is 17.2 Å². The van der Waals surface area contributed by atoms with Gasteiger partial charge in [-0.2, -0.15) is 0 Å². The number of hydrogen-bond acceptors (Lipinski definition) is 3. The van der Waals surface area contributed by atoms with Gasteiger partial charge in [-0.25, -0.2) is 9.37 Å². The maximum atomic E-state index is 13.9. The summed E-state index contributed by atoms with van der Waals surface area (Å²) < 4.78 is 21.4. The molecule has 1 N–H and O–H groups in total. The SMILES string of the molecule is CCCn1cncc1COc1ccc(CNC)cc1F. The third-order valence-corrected chi connectivity index (χ3v) is 3.02. The maximum Gasteiger partial charge on any atom is 0.165 e. The van der Waals surface area contributed by atoms with Gasteiger partial charge in [0.1, 0.15) is 6.61 Å². The average molecular weight is 277 g/mol. The molecule has 0 bridgehead atoms. The van der Waals surface area contributed by atoms with Crippen molar-refractivity contribution in [3.63, 3.8) is 0 Å². The van der Waals surface area contributed by atoms with Gasteiger partial charge in [-0.3, -0.25) is 0 Å². The topological polar surface area (TPSA) is 39.1 Å². The molecule has 0 spiro atoms. The molecule has 0 radical (unpaired) electrons. The molecule has 1 aromatic heterocycles. The summed E-state index contributed by atoms with van der Waals surface area (Å²) in [7, 11) is 1.83. The van der Waals surface area contributed by atoms with Gasteiger partial charge >= 0.3 is 0 Å². The van der Waals surface area contributed by atoms with Crippen molar-refractivity contribution >= 4 is 0 Å². The second-order valence-electron chi connectivity index (χ2n) is 4.66. The Kier molecular flexibility index (Phi) is 5.12. The zero-order chi connectivity index (χ0) is 14.4. The van der Waals surface area contributed by atoms with E-state index < -0.39 is 0 Å². The number of halogens is 1. The Balaban J connectivity index is 2.01. The summed E-state index contributed by atoms with van der Waals surface area (Å²) in [6, 6.07) is 5.02. The molecule has 2 rings (SSSR count). The van der Waals surface area contributed by atoms with Crippen molar-refractivity contribution in [1.82, 2.24) is 14.9 Å². The van der Waals surface area contributed by atoms with Crippen molar-refractivity contribution < 1.29 is 9.13 Å². The zero-order valence-corrected chi connectivity index (χ0v) is 11.9. The molecule has 0 saturated heterocycles. The predicted molar refractivity (Wildman–Crippen MR) is 76.0 cm³/mol. The van der Waals surface area contributed by atoms with Crippen LogP contribution in [0.15, 0.2) is 30.7 Å². The molecule has 108 valence electrons. The van der Waals surface area contributed by atoms with Crippen LogP contribution >= 0.6 is 0 Å². The number of hydrogen-bond donors (Lipinski definition) is 1. The lowest BCUT2D eigenvalue weighted by Crippen LogP contribution is -2.07. The van der Waals surface area contributed by atoms with E-state index in [1.54, 1.807) is 18.6 Å². The molecule has 20 heavy (non-hydrogen) atoms. The van der Waals surface area contributed by atoms with Gasteiger partial charge in [0.05, 0.1) is 18.2 Å². The van der Waals surface area contributed by atoms with Gasteiger partial charge in [-0.1, -0.05) is 13.0 Å². The third kappa shape index (κ3) is 3.57. The number of nitrogens with one attached hydrogen (secondary N) is 1. The van der Waals surface area contributed by atoms with Crippen LogP contribution in [0, 0.1) is 5.82 Å². The zero-order valence-electron chi connectivity index (χ0n) is 11.9. The fraction of sp³-hybridized carbons (Fsp3) is 0.400. The number of aryl methyl sites for hydroxylation is 1. The van der Waals surface area contributed by atoms with Gasteiger partial charge < -0.3 is 14.6 Å². The third-order valence-electron chi connectivity index (χ3n) is 3.02. The molecule has 0 saturated carbocycles. The van der Waals surface area contributed by atoms with Gasteiger partial charge in [0, 0.05) is 13.1 Å². The van der Waals surface area contributed by atoms with E-state index in [0.717, 1.165) is 24.2 Å². The minimum atomic E-state index is -0.334. The largest absolute Gasteiger partial charge is 0.484 e. The first-order valence-electron chi connectivity index (χ1n) is 6.79. The number of ether oxygens (including phenoxy) is 1. The lowest BCUT2D eigenvalue weighted by atomic mass is 10.2. The minimum absolute atomic E-state index is 0.272. The average Bonchev–Trinajstić information content (AvgIpc) is 2.86. The molecular formula is C15H20FN3O. The van der Waals surface area contributed by atoms with Gasteiger partial charge in [-0.15, -0.1) is 0 Å². The van der Waals surface area contributed by atoms with Crippen LogP contribution in [0.4, 0.5) is 4.39 Å². The van der Waals surface area contributed by atoms with Gasteiger partial charge in [0.15, 0.2) is 11.6 Å². The highest BCUT2D eigenvalue weighted by atomic mass is 19.1. The van der Waals surface area contributed by atoms with Crippen molar-refractivity contribution in [3.8, 4) is 5.75 Å². The monoisotopic (exact) mass is 277 g/mol. The molecule has 0 aliphatic rings. The highest BCUT2D eigenvalue weighted by Gasteiger charge is 2.07. The summed E-state index contributed by atoms with van der Waals surface area (Å²) in [6.45, 7) is 3.95. The normalized spacial score (nSPS) is 10.8. The Labute approximate surface area is 118 Å². The molecule has 0 fully saturated rings. The van der Waals surface area contributed by atoms with E-state index in [4.69, 9.17) is 4.74 Å². The van der Waals surface area contributed by atoms with Crippen molar-refractivity contribution in [2.24, 2.45) is 0 Å². The van der Waals surface area contributed by atoms with Gasteiger partial charge in [-0.05, 0) is 31.2 Å². The quantitative estimate of drug-likeness (QED) is 0.846. The Hall–Kier alpha value is -1.88. The summed E-state index contributed by atoms with van der Waals surface area (Å²) in [6.07, 6.45) is 4.55. The molecule has 0 atom stereocenters. The van der Waals surface area contributed by atoms with E-state index in [1.165, 1.54) is 6.07 Å². The standard InChI is InChI=1S/C15H20FN3O/c1-3-6-19-11-18-9-13(19)10-20-15-5-4-12(8-17-2)7-14(15)16/h4-5,7,9,11,17H,3,6,8,10H2,1-2H3. The Morgan fingerprint density at radius 3 is 2.95 bits per heavy atom. The van der Waals surface area contributed by atoms with Crippen LogP contribution in [0.5, 0.6) is 5.75 Å². The fourth-order valence-electron chi connectivity index (χ4n) is 2.04.